The van der Waals surface area contributed by atoms with Gasteiger partial charge in [-0.3, -0.25) is 12.9 Å². The molecule has 0 amide bonds. The van der Waals surface area contributed by atoms with Gasteiger partial charge in [-0.15, -0.1) is 12.4 Å². The number of hydrogen-bond donors (Lipinski definition) is 0. The minimum atomic E-state index is -0.202. The Kier molecular flexibility index (Phi) is 6.26. The molecule has 0 fully saturated rings. The first kappa shape index (κ1) is 11.0. The number of hydrogen-bond acceptors (Lipinski definition) is 0. The summed E-state index contributed by atoms with van der Waals surface area (Å²) in [7, 11) is 0. The predicted molar refractivity (Wildman–Crippen MR) is 53.0 cm³/mol. The molecule has 0 N–H and O–H groups in total. The lowest BCUT2D eigenvalue weighted by Crippen LogP contribution is -2.05. The topological polar surface area (TPSA) is 0 Å². The van der Waals surface area contributed by atoms with Crippen LogP contribution < -0.4 is 3.69 Å². The molecule has 0 aliphatic heterocycles. The van der Waals surface area contributed by atoms with E-state index >= 15 is 0 Å². The Morgan fingerprint density at radius 2 is 2.10 bits per heavy atom. The summed E-state index contributed by atoms with van der Waals surface area (Å²) in [6, 6.07) is 7.96. The van der Waals surface area contributed by atoms with Crippen molar-refractivity contribution in [2.24, 2.45) is 0 Å². The molecule has 0 aliphatic rings. The van der Waals surface area contributed by atoms with E-state index in [1.165, 1.54) is 3.69 Å². The minimum absolute atomic E-state index is 0. The van der Waals surface area contributed by atoms with E-state index in [1.54, 1.807) is 0 Å². The van der Waals surface area contributed by atoms with E-state index in [0.717, 1.165) is 5.02 Å². The smallest absolute Gasteiger partial charge is 0.296 e. The van der Waals surface area contributed by atoms with Gasteiger partial charge in [0.2, 0.25) is 0 Å². The summed E-state index contributed by atoms with van der Waals surface area (Å²) in [4.78, 5) is 0. The molecule has 4 heteroatoms. The highest BCUT2D eigenvalue weighted by molar-refractivity contribution is 9.23. The van der Waals surface area contributed by atoms with Crippen LogP contribution in [0.25, 0.3) is 0 Å². The molecule has 0 nitrogen and oxygen atoms in total. The zero-order valence-electron chi connectivity index (χ0n) is 5.18. The largest absolute Gasteiger partial charge is 0.506 e. The molecule has 0 spiro atoms. The van der Waals surface area contributed by atoms with Crippen LogP contribution in [0, 0.1) is 0 Å². The molecule has 0 atom stereocenters. The van der Waals surface area contributed by atoms with E-state index in [0.29, 0.717) is 0 Å². The van der Waals surface area contributed by atoms with Crippen LogP contribution in [0.2, 0.25) is 5.02 Å². The SMILES string of the molecule is Cl.Clc1ccc[c]([Mg][Br])c1. The van der Waals surface area contributed by atoms with Crippen LogP contribution in [0.5, 0.6) is 0 Å². The third-order valence-corrected chi connectivity index (χ3v) is 3.97. The molecule has 1 aromatic carbocycles. The van der Waals surface area contributed by atoms with Gasteiger partial charge >= 0.3 is 18.2 Å². The molecule has 0 bridgehead atoms. The van der Waals surface area contributed by atoms with Crippen molar-refractivity contribution in [3.05, 3.63) is 29.3 Å². The van der Waals surface area contributed by atoms with Crippen molar-refractivity contribution in [3.63, 3.8) is 0 Å². The van der Waals surface area contributed by atoms with E-state index in [1.807, 2.05) is 18.2 Å². The maximum Gasteiger partial charge on any atom is 0.506 e. The summed E-state index contributed by atoms with van der Waals surface area (Å²) in [5.41, 5.74) is 0. The van der Waals surface area contributed by atoms with E-state index in [2.05, 4.69) is 19.0 Å². The Hall–Kier alpha value is 1.05. The maximum absolute atomic E-state index is 5.72. The fraction of sp³-hybridized carbons (Fsp3) is 0. The molecule has 1 aromatic rings. The highest BCUT2D eigenvalue weighted by atomic mass is 79.9. The molecule has 0 saturated heterocycles. The molecule has 0 aromatic heterocycles. The molecule has 0 saturated carbocycles. The van der Waals surface area contributed by atoms with Crippen LogP contribution in [-0.2, 0) is 0 Å². The standard InChI is InChI=1S/C6H4Cl.BrH.ClH.Mg/c7-6-4-2-1-3-5-6;;;/h1-2,4-5H;2*1H;/q;;;+1/p-1. The number of benzene rings is 1. The Bertz CT molecular complexity index is 205. The summed E-state index contributed by atoms with van der Waals surface area (Å²) >= 11 is 8.99. The molecule has 10 heavy (non-hydrogen) atoms. The van der Waals surface area contributed by atoms with Crippen molar-refractivity contribution >= 4 is 58.8 Å². The Morgan fingerprint density at radius 1 is 1.40 bits per heavy atom. The van der Waals surface area contributed by atoms with E-state index in [4.69, 9.17) is 11.6 Å². The highest BCUT2D eigenvalue weighted by Crippen LogP contribution is 2.03. The Labute approximate surface area is 87.3 Å². The van der Waals surface area contributed by atoms with Crippen LogP contribution in [0.3, 0.4) is 0 Å². The maximum atomic E-state index is 5.72. The second-order valence-corrected chi connectivity index (χ2v) is 4.97. The van der Waals surface area contributed by atoms with Gasteiger partial charge in [-0.2, -0.15) is 3.69 Å². The van der Waals surface area contributed by atoms with Crippen molar-refractivity contribution in [1.29, 1.82) is 0 Å². The molecule has 0 heterocycles. The van der Waals surface area contributed by atoms with Crippen LogP contribution in [-0.4, -0.2) is 18.2 Å². The average Bonchev–Trinajstić information content (AvgIpc) is 1.88. The third kappa shape index (κ3) is 3.44. The quantitative estimate of drug-likeness (QED) is 0.673. The van der Waals surface area contributed by atoms with Gasteiger partial charge < -0.3 is 0 Å². The fourth-order valence-corrected chi connectivity index (χ4v) is 2.53. The summed E-state index contributed by atoms with van der Waals surface area (Å²) in [5, 5.41) is 0.833. The minimum Gasteiger partial charge on any atom is -0.296 e. The first-order valence-electron chi connectivity index (χ1n) is 2.63. The predicted octanol–water partition coefficient (Wildman–Crippen LogP) is 2.40. The first-order chi connectivity index (χ1) is 4.33. The molecular formula is C6H5BrCl2Mg. The zero-order chi connectivity index (χ0) is 6.69. The van der Waals surface area contributed by atoms with Gasteiger partial charge in [0, 0.05) is 5.02 Å². The van der Waals surface area contributed by atoms with Gasteiger partial charge in [-0.05, 0) is 6.07 Å². The van der Waals surface area contributed by atoms with Gasteiger partial charge in [-0.1, -0.05) is 29.8 Å². The molecular weight excluding hydrogens is 247 g/mol. The molecule has 0 aliphatic carbocycles. The molecule has 0 radical (unpaired) electrons. The third-order valence-electron chi connectivity index (χ3n) is 1.04. The highest BCUT2D eigenvalue weighted by Gasteiger charge is 1.93. The number of rotatable bonds is 1. The zero-order valence-corrected chi connectivity index (χ0v) is 9.75. The van der Waals surface area contributed by atoms with Gasteiger partial charge in [0.1, 0.15) is 0 Å². The number of halogens is 3. The summed E-state index contributed by atoms with van der Waals surface area (Å²) in [6.07, 6.45) is 0. The van der Waals surface area contributed by atoms with Gasteiger partial charge in [0.15, 0.2) is 0 Å². The van der Waals surface area contributed by atoms with E-state index in [9.17, 15) is 0 Å². The van der Waals surface area contributed by atoms with E-state index < -0.39 is 0 Å². The summed E-state index contributed by atoms with van der Waals surface area (Å²) < 4.78 is 1.35. The summed E-state index contributed by atoms with van der Waals surface area (Å²) in [5.74, 6) is 0. The first-order valence-corrected chi connectivity index (χ1v) is 7.62. The second kappa shape index (κ2) is 5.67. The average molecular weight is 252 g/mol. The monoisotopic (exact) mass is 250 g/mol. The Balaban J connectivity index is 0.000000810. The normalized spacial score (nSPS) is 7.80. The van der Waals surface area contributed by atoms with E-state index in [-0.39, 0.29) is 30.6 Å². The molecule has 52 valence electrons. The van der Waals surface area contributed by atoms with Crippen LogP contribution >= 0.6 is 36.9 Å². The van der Waals surface area contributed by atoms with Gasteiger partial charge in [0.05, 0.1) is 0 Å². The van der Waals surface area contributed by atoms with Crippen LogP contribution in [0.1, 0.15) is 0 Å². The summed E-state index contributed by atoms with van der Waals surface area (Å²) in [6.45, 7) is 0. The van der Waals surface area contributed by atoms with Gasteiger partial charge in [-0.25, -0.2) is 0 Å². The van der Waals surface area contributed by atoms with Gasteiger partial charge in [0.25, 0.3) is 0 Å². The molecule has 1 rings (SSSR count). The van der Waals surface area contributed by atoms with Crippen molar-refractivity contribution < 1.29 is 0 Å². The Morgan fingerprint density at radius 3 is 2.50 bits per heavy atom. The lowest BCUT2D eigenvalue weighted by atomic mass is 10.4. The van der Waals surface area contributed by atoms with Crippen molar-refractivity contribution in [2.45, 2.75) is 0 Å². The van der Waals surface area contributed by atoms with Crippen molar-refractivity contribution in [3.8, 4) is 0 Å². The van der Waals surface area contributed by atoms with Crippen LogP contribution in [0.4, 0.5) is 0 Å². The van der Waals surface area contributed by atoms with Crippen molar-refractivity contribution in [1.82, 2.24) is 0 Å². The van der Waals surface area contributed by atoms with Crippen LogP contribution in [0.15, 0.2) is 24.3 Å². The molecule has 0 unspecified atom stereocenters. The van der Waals surface area contributed by atoms with Crippen molar-refractivity contribution in [2.75, 3.05) is 0 Å². The lowest BCUT2D eigenvalue weighted by molar-refractivity contribution is 1.77. The fourth-order valence-electron chi connectivity index (χ4n) is 0.620. The lowest BCUT2D eigenvalue weighted by Gasteiger charge is -1.92. The second-order valence-electron chi connectivity index (χ2n) is 1.76.